The Balaban J connectivity index is 1.65. The molecule has 1 unspecified atom stereocenters. The maximum absolute atomic E-state index is 15.7. The number of fused-ring (bicyclic) bond motifs is 1. The number of rotatable bonds is 5. The fourth-order valence-electron chi connectivity index (χ4n) is 4.40. The lowest BCUT2D eigenvalue weighted by atomic mass is 9.91. The topological polar surface area (TPSA) is 99.2 Å². The normalized spacial score (nSPS) is 16.6. The van der Waals surface area contributed by atoms with Crippen molar-refractivity contribution in [3.8, 4) is 6.07 Å². The number of imidazole rings is 1. The molecular formula is C27H18ClFN4O3. The zero-order chi connectivity index (χ0) is 25.6. The minimum absolute atomic E-state index is 0.0584. The van der Waals surface area contributed by atoms with Gasteiger partial charge in [0.2, 0.25) is 5.78 Å². The lowest BCUT2D eigenvalue weighted by molar-refractivity contribution is -0.0562. The summed E-state index contributed by atoms with van der Waals surface area (Å²) in [5.74, 6) is -2.10. The summed E-state index contributed by atoms with van der Waals surface area (Å²) >= 11 is 6.03. The number of ketones is 1. The van der Waals surface area contributed by atoms with E-state index in [1.165, 1.54) is 42.9 Å². The second kappa shape index (κ2) is 8.72. The maximum atomic E-state index is 15.7. The van der Waals surface area contributed by atoms with Crippen LogP contribution < -0.4 is 0 Å². The molecule has 1 aromatic heterocycles. The van der Waals surface area contributed by atoms with Gasteiger partial charge >= 0.3 is 0 Å². The number of carbonyl (C=O) groups excluding carboxylic acids is 2. The van der Waals surface area contributed by atoms with Crippen LogP contribution in [0.4, 0.5) is 4.39 Å². The highest BCUT2D eigenvalue weighted by atomic mass is 35.5. The number of amides is 1. The number of hydrogen-bond donors (Lipinski definition) is 1. The molecule has 3 aromatic carbocycles. The molecule has 0 bridgehead atoms. The van der Waals surface area contributed by atoms with Gasteiger partial charge in [-0.3, -0.25) is 14.5 Å². The summed E-state index contributed by atoms with van der Waals surface area (Å²) in [4.78, 5) is 31.7. The van der Waals surface area contributed by atoms with Gasteiger partial charge < -0.3 is 9.67 Å². The molecule has 7 nitrogen and oxygen atoms in total. The summed E-state index contributed by atoms with van der Waals surface area (Å²) in [5, 5.41) is 21.5. The quantitative estimate of drug-likeness (QED) is 0.415. The fourth-order valence-corrected chi connectivity index (χ4v) is 4.53. The molecule has 9 heteroatoms. The Morgan fingerprint density at radius 3 is 2.47 bits per heavy atom. The summed E-state index contributed by atoms with van der Waals surface area (Å²) in [6, 6.07) is 16.9. The van der Waals surface area contributed by atoms with Crippen LogP contribution in [0.15, 0.2) is 73.2 Å². The molecule has 36 heavy (non-hydrogen) atoms. The van der Waals surface area contributed by atoms with Gasteiger partial charge in [-0.1, -0.05) is 35.9 Å². The molecule has 178 valence electrons. The first-order chi connectivity index (χ1) is 17.2. The summed E-state index contributed by atoms with van der Waals surface area (Å²) < 4.78 is 17.3. The van der Waals surface area contributed by atoms with E-state index in [1.54, 1.807) is 35.9 Å². The zero-order valence-corrected chi connectivity index (χ0v) is 19.7. The third-order valence-electron chi connectivity index (χ3n) is 6.18. The molecule has 0 radical (unpaired) electrons. The molecule has 0 saturated heterocycles. The highest BCUT2D eigenvalue weighted by Crippen LogP contribution is 2.45. The molecule has 0 fully saturated rings. The predicted molar refractivity (Wildman–Crippen MR) is 129 cm³/mol. The minimum Gasteiger partial charge on any atom is -0.363 e. The van der Waals surface area contributed by atoms with Gasteiger partial charge in [-0.15, -0.1) is 0 Å². The highest BCUT2D eigenvalue weighted by Gasteiger charge is 2.52. The third-order valence-corrected chi connectivity index (χ3v) is 6.43. The lowest BCUT2D eigenvalue weighted by Crippen LogP contribution is -2.44. The van der Waals surface area contributed by atoms with Crippen LogP contribution in [0.2, 0.25) is 5.02 Å². The van der Waals surface area contributed by atoms with Crippen LogP contribution in [0, 0.1) is 17.1 Å². The second-order valence-corrected chi connectivity index (χ2v) is 8.95. The number of aromatic nitrogens is 2. The van der Waals surface area contributed by atoms with Crippen molar-refractivity contribution in [1.82, 2.24) is 14.5 Å². The number of hydrogen-bond acceptors (Lipinski definition) is 5. The molecule has 2 heterocycles. The predicted octanol–water partition coefficient (Wildman–Crippen LogP) is 4.16. The Morgan fingerprint density at radius 2 is 1.86 bits per heavy atom. The molecule has 1 aliphatic rings. The lowest BCUT2D eigenvalue weighted by Gasteiger charge is -2.35. The largest absolute Gasteiger partial charge is 0.363 e. The van der Waals surface area contributed by atoms with E-state index in [1.807, 2.05) is 6.07 Å². The Labute approximate surface area is 210 Å². The number of nitrogens with zero attached hydrogens (tertiary/aromatic N) is 4. The first kappa shape index (κ1) is 23.4. The summed E-state index contributed by atoms with van der Waals surface area (Å²) in [7, 11) is 1.70. The standard InChI is InChI=1S/C27H18ClFN4O3/c1-32-14-23(31-15-32)25(34)18-10-21-24(22(29)11-18)27(36,19-6-8-20(28)9-7-19)33(26(21)35)13-17-4-2-16(12-30)3-5-17/h2-11,14-15,36H,13H2,1H3. The number of aliphatic hydroxyl groups is 1. The second-order valence-electron chi connectivity index (χ2n) is 8.51. The van der Waals surface area contributed by atoms with E-state index in [0.717, 1.165) is 11.0 Å². The monoisotopic (exact) mass is 500 g/mol. The molecule has 1 atom stereocenters. The zero-order valence-electron chi connectivity index (χ0n) is 18.9. The minimum atomic E-state index is -2.17. The number of carbonyl (C=O) groups is 2. The van der Waals surface area contributed by atoms with Crippen LogP contribution in [0.5, 0.6) is 0 Å². The summed E-state index contributed by atoms with van der Waals surface area (Å²) in [5.41, 5.74) is -1.21. The molecule has 5 rings (SSSR count). The van der Waals surface area contributed by atoms with Crippen molar-refractivity contribution in [3.05, 3.63) is 123 Å². The molecule has 1 aliphatic heterocycles. The van der Waals surface area contributed by atoms with E-state index in [4.69, 9.17) is 16.9 Å². The Morgan fingerprint density at radius 1 is 1.17 bits per heavy atom. The molecule has 0 spiro atoms. The molecule has 0 saturated carbocycles. The number of aryl methyl sites for hydroxylation is 1. The van der Waals surface area contributed by atoms with E-state index < -0.39 is 23.2 Å². The van der Waals surface area contributed by atoms with Crippen molar-refractivity contribution in [2.45, 2.75) is 12.3 Å². The van der Waals surface area contributed by atoms with Crippen LogP contribution in [0.3, 0.4) is 0 Å². The van der Waals surface area contributed by atoms with Gasteiger partial charge in [0.25, 0.3) is 5.91 Å². The summed E-state index contributed by atoms with van der Waals surface area (Å²) in [6.07, 6.45) is 2.94. The van der Waals surface area contributed by atoms with E-state index in [2.05, 4.69) is 4.98 Å². The van der Waals surface area contributed by atoms with Crippen molar-refractivity contribution < 1.29 is 19.1 Å². The fraction of sp³-hybridized carbons (Fsp3) is 0.111. The maximum Gasteiger partial charge on any atom is 0.257 e. The molecule has 1 amide bonds. The Kier molecular flexibility index (Phi) is 5.67. The smallest absolute Gasteiger partial charge is 0.257 e. The van der Waals surface area contributed by atoms with Crippen LogP contribution in [0.1, 0.15) is 48.7 Å². The van der Waals surface area contributed by atoms with E-state index >= 15 is 4.39 Å². The van der Waals surface area contributed by atoms with Crippen molar-refractivity contribution in [2.24, 2.45) is 7.05 Å². The molecule has 1 N–H and O–H groups in total. The van der Waals surface area contributed by atoms with Crippen molar-refractivity contribution >= 4 is 23.3 Å². The molecule has 4 aromatic rings. The molecule has 0 aliphatic carbocycles. The van der Waals surface area contributed by atoms with Crippen LogP contribution >= 0.6 is 11.6 Å². The van der Waals surface area contributed by atoms with Crippen molar-refractivity contribution in [1.29, 1.82) is 5.26 Å². The average Bonchev–Trinajstić information content (AvgIpc) is 3.40. The van der Waals surface area contributed by atoms with Crippen LogP contribution in [-0.2, 0) is 19.3 Å². The van der Waals surface area contributed by atoms with Gasteiger partial charge in [-0.2, -0.15) is 5.26 Å². The van der Waals surface area contributed by atoms with E-state index in [0.29, 0.717) is 16.1 Å². The van der Waals surface area contributed by atoms with E-state index in [-0.39, 0.29) is 34.5 Å². The molecular weight excluding hydrogens is 483 g/mol. The summed E-state index contributed by atoms with van der Waals surface area (Å²) in [6.45, 7) is -0.0820. The van der Waals surface area contributed by atoms with Gasteiger partial charge in [-0.05, 0) is 42.0 Å². The van der Waals surface area contributed by atoms with Crippen molar-refractivity contribution in [2.75, 3.05) is 0 Å². The van der Waals surface area contributed by atoms with Crippen LogP contribution in [-0.4, -0.2) is 31.2 Å². The Bertz CT molecular complexity index is 1560. The highest BCUT2D eigenvalue weighted by molar-refractivity contribution is 6.30. The van der Waals surface area contributed by atoms with Gasteiger partial charge in [-0.25, -0.2) is 9.37 Å². The Hall–Kier alpha value is -4.32. The number of benzene rings is 3. The van der Waals surface area contributed by atoms with Gasteiger partial charge in [0.05, 0.1) is 29.1 Å². The van der Waals surface area contributed by atoms with Gasteiger partial charge in [0.1, 0.15) is 11.5 Å². The first-order valence-corrected chi connectivity index (χ1v) is 11.3. The van der Waals surface area contributed by atoms with Gasteiger partial charge in [0.15, 0.2) is 5.72 Å². The van der Waals surface area contributed by atoms with E-state index in [9.17, 15) is 14.7 Å². The number of halogens is 2. The average molecular weight is 501 g/mol. The number of nitriles is 1. The van der Waals surface area contributed by atoms with Gasteiger partial charge in [0, 0.05) is 35.9 Å². The van der Waals surface area contributed by atoms with Crippen LogP contribution in [0.25, 0.3) is 0 Å². The third kappa shape index (κ3) is 3.75. The SMILES string of the molecule is Cn1cnc(C(=O)c2cc(F)c3c(c2)C(=O)N(Cc2ccc(C#N)cc2)C3(O)c2ccc(Cl)cc2)c1. The van der Waals surface area contributed by atoms with Crippen molar-refractivity contribution in [3.63, 3.8) is 0 Å². The first-order valence-electron chi connectivity index (χ1n) is 10.9.